The van der Waals surface area contributed by atoms with Crippen molar-refractivity contribution < 1.29 is 17.6 Å². The number of aromatic nitrogens is 1. The Morgan fingerprint density at radius 2 is 1.77 bits per heavy atom. The van der Waals surface area contributed by atoms with Gasteiger partial charge in [-0.1, -0.05) is 30.3 Å². The molecule has 1 aromatic heterocycles. The molecule has 6 heteroatoms. The Hall–Kier alpha value is -3.85. The molecular weight excluding hydrogens is 404 g/mol. The average Bonchev–Trinajstić information content (AvgIpc) is 3.13. The lowest BCUT2D eigenvalue weighted by Crippen LogP contribution is -2.04. The Bertz CT molecular complexity index is 1320. The third-order valence-corrected chi connectivity index (χ3v) is 4.97. The van der Waals surface area contributed by atoms with Crippen molar-refractivity contribution in [2.75, 3.05) is 0 Å². The lowest BCUT2D eigenvalue weighted by molar-refractivity contribution is -0.137. The third kappa shape index (κ3) is 4.51. The molecule has 0 N–H and O–H groups in total. The molecule has 0 unspecified atom stereocenters. The maximum absolute atomic E-state index is 13.4. The highest BCUT2D eigenvalue weighted by Gasteiger charge is 2.30. The highest BCUT2D eigenvalue weighted by atomic mass is 19.4. The number of benzene rings is 3. The minimum Gasteiger partial charge on any atom is -0.343 e. The molecule has 0 saturated carbocycles. The molecule has 0 aliphatic carbocycles. The zero-order valence-electron chi connectivity index (χ0n) is 16.2. The lowest BCUT2D eigenvalue weighted by Gasteiger charge is -2.08. The molecule has 2 nitrogen and oxygen atoms in total. The summed E-state index contributed by atoms with van der Waals surface area (Å²) in [5.74, 6) is -0.292. The van der Waals surface area contributed by atoms with Crippen LogP contribution in [0.15, 0.2) is 79.0 Å². The summed E-state index contributed by atoms with van der Waals surface area (Å²) in [4.78, 5) is 0. The van der Waals surface area contributed by atoms with Crippen LogP contribution in [0.2, 0.25) is 0 Å². The van der Waals surface area contributed by atoms with Gasteiger partial charge in [-0.2, -0.15) is 18.4 Å². The Balaban J connectivity index is 1.65. The first-order chi connectivity index (χ1) is 14.8. The number of fused-ring (bicyclic) bond motifs is 1. The minimum absolute atomic E-state index is 0.143. The second kappa shape index (κ2) is 8.11. The standard InChI is InChI=1S/C25H16F4N2/c26-23-6-1-3-18(13-23)16-31-10-9-20-11-17(7-8-24(20)31)12-21(15-30)19-4-2-5-22(14-19)25(27,28)29/h1-14H,16H2/b21-12+. The zero-order valence-corrected chi connectivity index (χ0v) is 16.2. The molecular formula is C25H16F4N2. The zero-order chi connectivity index (χ0) is 22.0. The fourth-order valence-corrected chi connectivity index (χ4v) is 3.49. The van der Waals surface area contributed by atoms with Gasteiger partial charge in [0.25, 0.3) is 0 Å². The van der Waals surface area contributed by atoms with Crippen molar-refractivity contribution in [3.8, 4) is 6.07 Å². The van der Waals surface area contributed by atoms with Gasteiger partial charge in [-0.15, -0.1) is 0 Å². The van der Waals surface area contributed by atoms with Gasteiger partial charge in [0.05, 0.1) is 17.2 Å². The van der Waals surface area contributed by atoms with Gasteiger partial charge < -0.3 is 4.57 Å². The van der Waals surface area contributed by atoms with E-state index in [1.807, 2.05) is 41.1 Å². The van der Waals surface area contributed by atoms with Gasteiger partial charge in [-0.05, 0) is 65.2 Å². The molecule has 4 aromatic rings. The predicted molar refractivity (Wildman–Crippen MR) is 112 cm³/mol. The Morgan fingerprint density at radius 3 is 2.52 bits per heavy atom. The van der Waals surface area contributed by atoms with Crippen LogP contribution in [0.1, 0.15) is 22.3 Å². The van der Waals surface area contributed by atoms with Crippen molar-refractivity contribution in [3.05, 3.63) is 107 Å². The number of nitrogens with zero attached hydrogens (tertiary/aromatic N) is 2. The highest BCUT2D eigenvalue weighted by Crippen LogP contribution is 2.31. The number of alkyl halides is 3. The average molecular weight is 420 g/mol. The van der Waals surface area contributed by atoms with Gasteiger partial charge >= 0.3 is 6.18 Å². The Morgan fingerprint density at radius 1 is 0.968 bits per heavy atom. The van der Waals surface area contributed by atoms with Crippen LogP contribution in [0.4, 0.5) is 17.6 Å². The normalized spacial score (nSPS) is 12.2. The van der Waals surface area contributed by atoms with E-state index in [-0.39, 0.29) is 17.0 Å². The summed E-state index contributed by atoms with van der Waals surface area (Å²) in [5.41, 5.74) is 2.02. The second-order valence-electron chi connectivity index (χ2n) is 7.14. The van der Waals surface area contributed by atoms with Crippen molar-refractivity contribution in [2.45, 2.75) is 12.7 Å². The first-order valence-electron chi connectivity index (χ1n) is 9.46. The van der Waals surface area contributed by atoms with Crippen LogP contribution in [0.3, 0.4) is 0 Å². The van der Waals surface area contributed by atoms with Crippen LogP contribution >= 0.6 is 0 Å². The molecule has 3 aromatic carbocycles. The minimum atomic E-state index is -4.47. The molecule has 0 atom stereocenters. The summed E-state index contributed by atoms with van der Waals surface area (Å²) in [6, 6.07) is 20.6. The van der Waals surface area contributed by atoms with E-state index in [2.05, 4.69) is 0 Å². The summed E-state index contributed by atoms with van der Waals surface area (Å²) in [6.07, 6.45) is -1.01. The summed E-state index contributed by atoms with van der Waals surface area (Å²) in [6.45, 7) is 0.504. The van der Waals surface area contributed by atoms with E-state index in [0.717, 1.165) is 28.6 Å². The van der Waals surface area contributed by atoms with E-state index in [1.165, 1.54) is 24.3 Å². The summed E-state index contributed by atoms with van der Waals surface area (Å²) < 4.78 is 54.4. The number of nitriles is 1. The van der Waals surface area contributed by atoms with Crippen LogP contribution in [0.5, 0.6) is 0 Å². The molecule has 4 rings (SSSR count). The summed E-state index contributed by atoms with van der Waals surface area (Å²) in [7, 11) is 0. The maximum Gasteiger partial charge on any atom is 0.416 e. The van der Waals surface area contributed by atoms with Gasteiger partial charge in [0.1, 0.15) is 5.82 Å². The van der Waals surface area contributed by atoms with Crippen molar-refractivity contribution in [3.63, 3.8) is 0 Å². The van der Waals surface area contributed by atoms with Crippen molar-refractivity contribution >= 4 is 22.6 Å². The highest BCUT2D eigenvalue weighted by molar-refractivity contribution is 5.92. The summed E-state index contributed by atoms with van der Waals surface area (Å²) >= 11 is 0. The van der Waals surface area contributed by atoms with E-state index < -0.39 is 11.7 Å². The number of hydrogen-bond acceptors (Lipinski definition) is 1. The number of hydrogen-bond donors (Lipinski definition) is 0. The van der Waals surface area contributed by atoms with Crippen LogP contribution in [0.25, 0.3) is 22.6 Å². The van der Waals surface area contributed by atoms with E-state index in [1.54, 1.807) is 18.2 Å². The molecule has 31 heavy (non-hydrogen) atoms. The van der Waals surface area contributed by atoms with Gasteiger partial charge in [0.2, 0.25) is 0 Å². The molecule has 0 amide bonds. The Kier molecular flexibility index (Phi) is 5.35. The molecule has 1 heterocycles. The molecule has 0 spiro atoms. The van der Waals surface area contributed by atoms with Crippen molar-refractivity contribution in [2.24, 2.45) is 0 Å². The van der Waals surface area contributed by atoms with E-state index in [0.29, 0.717) is 12.1 Å². The monoisotopic (exact) mass is 420 g/mol. The first kappa shape index (κ1) is 20.4. The first-order valence-corrected chi connectivity index (χ1v) is 9.46. The quantitative estimate of drug-likeness (QED) is 0.200. The molecule has 0 bridgehead atoms. The van der Waals surface area contributed by atoms with E-state index in [4.69, 9.17) is 0 Å². The predicted octanol–water partition coefficient (Wildman–Crippen LogP) is 6.91. The molecule has 0 aliphatic heterocycles. The fraction of sp³-hybridized carbons (Fsp3) is 0.0800. The lowest BCUT2D eigenvalue weighted by atomic mass is 10.0. The molecule has 0 radical (unpaired) electrons. The number of allylic oxidation sites excluding steroid dienone is 1. The van der Waals surface area contributed by atoms with E-state index in [9.17, 15) is 22.8 Å². The van der Waals surface area contributed by atoms with E-state index >= 15 is 0 Å². The summed E-state index contributed by atoms with van der Waals surface area (Å²) in [5, 5.41) is 10.4. The van der Waals surface area contributed by atoms with Gasteiger partial charge in [0.15, 0.2) is 0 Å². The number of halogens is 4. The maximum atomic E-state index is 13.4. The third-order valence-electron chi connectivity index (χ3n) is 4.97. The molecule has 0 aliphatic rings. The molecule has 0 fully saturated rings. The SMILES string of the molecule is N#C/C(=C\c1ccc2c(ccn2Cc2cccc(F)c2)c1)c1cccc(C(F)(F)F)c1. The van der Waals surface area contributed by atoms with Crippen LogP contribution in [0, 0.1) is 17.1 Å². The van der Waals surface area contributed by atoms with Crippen LogP contribution in [-0.4, -0.2) is 4.57 Å². The van der Waals surface area contributed by atoms with Gasteiger partial charge in [0, 0.05) is 23.6 Å². The Labute approximate surface area is 176 Å². The number of rotatable bonds is 4. The second-order valence-corrected chi connectivity index (χ2v) is 7.14. The topological polar surface area (TPSA) is 28.7 Å². The molecule has 154 valence electrons. The van der Waals surface area contributed by atoms with Gasteiger partial charge in [-0.3, -0.25) is 0 Å². The smallest absolute Gasteiger partial charge is 0.343 e. The van der Waals surface area contributed by atoms with Gasteiger partial charge in [-0.25, -0.2) is 4.39 Å². The molecule has 0 saturated heterocycles. The fourth-order valence-electron chi connectivity index (χ4n) is 3.49. The largest absolute Gasteiger partial charge is 0.416 e. The van der Waals surface area contributed by atoms with Crippen molar-refractivity contribution in [1.82, 2.24) is 4.57 Å². The van der Waals surface area contributed by atoms with Crippen LogP contribution in [-0.2, 0) is 12.7 Å². The van der Waals surface area contributed by atoms with Crippen LogP contribution < -0.4 is 0 Å². The van der Waals surface area contributed by atoms with Crippen molar-refractivity contribution in [1.29, 1.82) is 5.26 Å².